The third-order valence-corrected chi connectivity index (χ3v) is 5.31. The van der Waals surface area contributed by atoms with Gasteiger partial charge in [0.05, 0.1) is 5.75 Å². The van der Waals surface area contributed by atoms with Gasteiger partial charge in [-0.3, -0.25) is 4.79 Å². The standard InChI is InChI=1S/C15H19BrOS/c1-11-4-2-7-14(8-11)18-10-15(17)12-5-3-6-13(16)9-12/h3,5-6,9,11,14H,2,4,7-8,10H2,1H3. The Morgan fingerprint density at radius 1 is 1.44 bits per heavy atom. The third kappa shape index (κ3) is 4.13. The number of thioether (sulfide) groups is 1. The lowest BCUT2D eigenvalue weighted by Crippen LogP contribution is -2.17. The highest BCUT2D eigenvalue weighted by Crippen LogP contribution is 2.32. The van der Waals surface area contributed by atoms with Crippen LogP contribution in [-0.2, 0) is 0 Å². The van der Waals surface area contributed by atoms with Crippen LogP contribution in [0.25, 0.3) is 0 Å². The molecule has 0 spiro atoms. The monoisotopic (exact) mass is 326 g/mol. The molecule has 0 radical (unpaired) electrons. The van der Waals surface area contributed by atoms with E-state index < -0.39 is 0 Å². The van der Waals surface area contributed by atoms with Crippen molar-refractivity contribution < 1.29 is 4.79 Å². The minimum Gasteiger partial charge on any atom is -0.293 e. The highest BCUT2D eigenvalue weighted by molar-refractivity contribution is 9.10. The minimum absolute atomic E-state index is 0.250. The Labute approximate surface area is 122 Å². The molecule has 18 heavy (non-hydrogen) atoms. The van der Waals surface area contributed by atoms with Gasteiger partial charge >= 0.3 is 0 Å². The molecule has 1 aliphatic carbocycles. The highest BCUT2D eigenvalue weighted by atomic mass is 79.9. The van der Waals surface area contributed by atoms with E-state index in [0.717, 1.165) is 16.0 Å². The van der Waals surface area contributed by atoms with Crippen LogP contribution in [0.2, 0.25) is 0 Å². The smallest absolute Gasteiger partial charge is 0.172 e. The van der Waals surface area contributed by atoms with Crippen molar-refractivity contribution in [3.8, 4) is 0 Å². The van der Waals surface area contributed by atoms with Gasteiger partial charge in [0.25, 0.3) is 0 Å². The lowest BCUT2D eigenvalue weighted by molar-refractivity contribution is 0.102. The van der Waals surface area contributed by atoms with E-state index in [1.807, 2.05) is 36.0 Å². The summed E-state index contributed by atoms with van der Waals surface area (Å²) in [5, 5.41) is 0.685. The molecule has 0 saturated heterocycles. The van der Waals surface area contributed by atoms with Crippen LogP contribution in [0.4, 0.5) is 0 Å². The van der Waals surface area contributed by atoms with Crippen molar-refractivity contribution >= 4 is 33.5 Å². The SMILES string of the molecule is CC1CCCC(SCC(=O)c2cccc(Br)c2)C1. The van der Waals surface area contributed by atoms with Crippen LogP contribution in [0.1, 0.15) is 43.0 Å². The molecule has 2 rings (SSSR count). The predicted molar refractivity (Wildman–Crippen MR) is 82.4 cm³/mol. The summed E-state index contributed by atoms with van der Waals surface area (Å²) >= 11 is 5.25. The van der Waals surface area contributed by atoms with Gasteiger partial charge in [0.15, 0.2) is 5.78 Å². The van der Waals surface area contributed by atoms with E-state index >= 15 is 0 Å². The zero-order valence-electron chi connectivity index (χ0n) is 10.7. The van der Waals surface area contributed by atoms with Gasteiger partial charge in [0.2, 0.25) is 0 Å². The van der Waals surface area contributed by atoms with Crippen LogP contribution in [0.3, 0.4) is 0 Å². The summed E-state index contributed by atoms with van der Waals surface area (Å²) in [6, 6.07) is 7.68. The van der Waals surface area contributed by atoms with Crippen molar-refractivity contribution in [2.45, 2.75) is 37.9 Å². The molecule has 0 heterocycles. The summed E-state index contributed by atoms with van der Waals surface area (Å²) in [6.45, 7) is 2.32. The van der Waals surface area contributed by atoms with Crippen molar-refractivity contribution in [3.63, 3.8) is 0 Å². The molecule has 0 N–H and O–H groups in total. The predicted octanol–water partition coefficient (Wildman–Crippen LogP) is 4.94. The van der Waals surface area contributed by atoms with Crippen molar-refractivity contribution in [2.75, 3.05) is 5.75 Å². The summed E-state index contributed by atoms with van der Waals surface area (Å²) in [4.78, 5) is 12.1. The summed E-state index contributed by atoms with van der Waals surface area (Å²) < 4.78 is 0.977. The van der Waals surface area contributed by atoms with Gasteiger partial charge in [-0.15, -0.1) is 0 Å². The van der Waals surface area contributed by atoms with Crippen LogP contribution in [0.15, 0.2) is 28.7 Å². The van der Waals surface area contributed by atoms with Gasteiger partial charge in [-0.1, -0.05) is 47.8 Å². The molecule has 2 unspecified atom stereocenters. The zero-order chi connectivity index (χ0) is 13.0. The molecule has 2 atom stereocenters. The van der Waals surface area contributed by atoms with E-state index in [0.29, 0.717) is 11.0 Å². The topological polar surface area (TPSA) is 17.1 Å². The van der Waals surface area contributed by atoms with Gasteiger partial charge in [-0.05, 0) is 30.9 Å². The second-order valence-corrected chi connectivity index (χ2v) is 7.34. The average Bonchev–Trinajstić information content (AvgIpc) is 2.36. The Hall–Kier alpha value is -0.280. The number of carbonyl (C=O) groups excluding carboxylic acids is 1. The number of hydrogen-bond acceptors (Lipinski definition) is 2. The maximum absolute atomic E-state index is 12.1. The third-order valence-electron chi connectivity index (χ3n) is 3.49. The molecular weight excluding hydrogens is 308 g/mol. The number of ketones is 1. The molecule has 1 fully saturated rings. The molecule has 0 aromatic heterocycles. The Bertz CT molecular complexity index is 419. The molecular formula is C15H19BrOS. The fraction of sp³-hybridized carbons (Fsp3) is 0.533. The van der Waals surface area contributed by atoms with Crippen molar-refractivity contribution in [2.24, 2.45) is 5.92 Å². The Kier molecular flexibility index (Phi) is 5.31. The van der Waals surface area contributed by atoms with E-state index in [-0.39, 0.29) is 5.78 Å². The Morgan fingerprint density at radius 2 is 2.28 bits per heavy atom. The van der Waals surface area contributed by atoms with E-state index in [2.05, 4.69) is 22.9 Å². The second kappa shape index (κ2) is 6.76. The lowest BCUT2D eigenvalue weighted by Gasteiger charge is -2.25. The van der Waals surface area contributed by atoms with Crippen molar-refractivity contribution in [3.05, 3.63) is 34.3 Å². The maximum Gasteiger partial charge on any atom is 0.172 e. The maximum atomic E-state index is 12.1. The van der Waals surface area contributed by atoms with Crippen molar-refractivity contribution in [1.82, 2.24) is 0 Å². The quantitative estimate of drug-likeness (QED) is 0.728. The first-order valence-corrected chi connectivity index (χ1v) is 8.39. The summed E-state index contributed by atoms with van der Waals surface area (Å²) in [6.07, 6.45) is 5.23. The minimum atomic E-state index is 0.250. The normalized spacial score (nSPS) is 23.9. The molecule has 98 valence electrons. The molecule has 0 bridgehead atoms. The summed E-state index contributed by atoms with van der Waals surface area (Å²) in [5.41, 5.74) is 0.820. The molecule has 3 heteroatoms. The number of rotatable bonds is 4. The summed E-state index contributed by atoms with van der Waals surface area (Å²) in [5.74, 6) is 1.70. The fourth-order valence-electron chi connectivity index (χ4n) is 2.47. The van der Waals surface area contributed by atoms with E-state index in [1.165, 1.54) is 25.7 Å². The van der Waals surface area contributed by atoms with Crippen LogP contribution in [0.5, 0.6) is 0 Å². The van der Waals surface area contributed by atoms with Gasteiger partial charge in [0.1, 0.15) is 0 Å². The number of Topliss-reactive ketones (excluding diaryl/α,β-unsaturated/α-hetero) is 1. The van der Waals surface area contributed by atoms with Crippen LogP contribution >= 0.6 is 27.7 Å². The van der Waals surface area contributed by atoms with Gasteiger partial charge < -0.3 is 0 Å². The van der Waals surface area contributed by atoms with E-state index in [4.69, 9.17) is 0 Å². The van der Waals surface area contributed by atoms with Crippen molar-refractivity contribution in [1.29, 1.82) is 0 Å². The first-order chi connectivity index (χ1) is 8.65. The lowest BCUT2D eigenvalue weighted by atomic mass is 9.91. The summed E-state index contributed by atoms with van der Waals surface area (Å²) in [7, 11) is 0. The molecule has 1 aromatic carbocycles. The van der Waals surface area contributed by atoms with Gasteiger partial charge in [-0.25, -0.2) is 0 Å². The van der Waals surface area contributed by atoms with Gasteiger partial charge in [-0.2, -0.15) is 11.8 Å². The number of halogens is 1. The molecule has 1 nitrogen and oxygen atoms in total. The molecule has 1 aliphatic rings. The molecule has 0 aliphatic heterocycles. The molecule has 0 amide bonds. The Balaban J connectivity index is 1.84. The first-order valence-electron chi connectivity index (χ1n) is 6.55. The van der Waals surface area contributed by atoms with Crippen LogP contribution in [-0.4, -0.2) is 16.8 Å². The van der Waals surface area contributed by atoms with E-state index in [1.54, 1.807) is 0 Å². The van der Waals surface area contributed by atoms with Crippen LogP contribution < -0.4 is 0 Å². The molecule has 1 aromatic rings. The average molecular weight is 327 g/mol. The fourth-order valence-corrected chi connectivity index (χ4v) is 4.22. The number of hydrogen-bond donors (Lipinski definition) is 0. The van der Waals surface area contributed by atoms with Gasteiger partial charge in [0, 0.05) is 15.3 Å². The highest BCUT2D eigenvalue weighted by Gasteiger charge is 2.20. The number of carbonyl (C=O) groups is 1. The molecule has 1 saturated carbocycles. The zero-order valence-corrected chi connectivity index (χ0v) is 13.1. The Morgan fingerprint density at radius 3 is 3.00 bits per heavy atom. The van der Waals surface area contributed by atoms with E-state index in [9.17, 15) is 4.79 Å². The number of benzene rings is 1. The van der Waals surface area contributed by atoms with Crippen LogP contribution in [0, 0.1) is 5.92 Å². The second-order valence-electron chi connectivity index (χ2n) is 5.14. The largest absolute Gasteiger partial charge is 0.293 e. The first kappa shape index (κ1) is 14.1.